The maximum absolute atomic E-state index is 15.1. The zero-order valence-electron chi connectivity index (χ0n) is 18.8. The van der Waals surface area contributed by atoms with Crippen LogP contribution in [0.4, 0.5) is 57.1 Å². The van der Waals surface area contributed by atoms with E-state index in [0.29, 0.717) is 0 Å². The Morgan fingerprint density at radius 3 is 1.09 bits per heavy atom. The molecule has 0 bridgehead atoms. The Hall–Kier alpha value is -0.813. The lowest BCUT2D eigenvalue weighted by Gasteiger charge is -2.45. The predicted octanol–water partition coefficient (Wildman–Crippen LogP) is 7.26. The van der Waals surface area contributed by atoms with Crippen LogP contribution < -0.4 is 0 Å². The van der Waals surface area contributed by atoms with Gasteiger partial charge in [0.05, 0.1) is 0 Å². The lowest BCUT2D eigenvalue weighted by molar-refractivity contribution is -0.398. The van der Waals surface area contributed by atoms with Crippen molar-refractivity contribution >= 4 is 8.80 Å². The molecule has 0 atom stereocenters. The molecule has 0 aliphatic rings. The summed E-state index contributed by atoms with van der Waals surface area (Å²) in [5, 5.41) is 0. The molecule has 0 fully saturated rings. The molecule has 0 aromatic carbocycles. The Kier molecular flexibility index (Phi) is 10.0. The Labute approximate surface area is 188 Å². The summed E-state index contributed by atoms with van der Waals surface area (Å²) in [7, 11) is -6.47. The molecule has 0 radical (unpaired) electrons. The van der Waals surface area contributed by atoms with Gasteiger partial charge in [-0.1, -0.05) is 0 Å². The lowest BCUT2D eigenvalue weighted by atomic mass is 9.95. The molecule has 0 aliphatic heterocycles. The van der Waals surface area contributed by atoms with Gasteiger partial charge in [0.2, 0.25) is 0 Å². The van der Waals surface area contributed by atoms with Gasteiger partial charge >= 0.3 is 44.2 Å². The minimum absolute atomic E-state index is 0.960. The van der Waals surface area contributed by atoms with Gasteiger partial charge < -0.3 is 13.3 Å². The van der Waals surface area contributed by atoms with Gasteiger partial charge in [-0.3, -0.25) is 0 Å². The second-order valence-corrected chi connectivity index (χ2v) is 10.6. The number of hydrogen-bond acceptors (Lipinski definition) is 3. The third-order valence-corrected chi connectivity index (χ3v) is 7.35. The van der Waals surface area contributed by atoms with Gasteiger partial charge in [0.25, 0.3) is 0 Å². The second kappa shape index (κ2) is 10.3. The quantitative estimate of drug-likeness (QED) is 0.178. The summed E-state index contributed by atoms with van der Waals surface area (Å²) >= 11 is 0. The zero-order chi connectivity index (χ0) is 27.8. The van der Waals surface area contributed by atoms with E-state index in [-0.39, 0.29) is 0 Å². The van der Waals surface area contributed by atoms with Crippen molar-refractivity contribution in [3.8, 4) is 0 Å². The van der Waals surface area contributed by atoms with E-state index in [1.807, 2.05) is 0 Å². The molecular formula is C17H25F13O3Si. The fraction of sp³-hybridized carbons (Fsp3) is 1.00. The van der Waals surface area contributed by atoms with Gasteiger partial charge in [-0.25, -0.2) is 0 Å². The highest BCUT2D eigenvalue weighted by atomic mass is 28.4. The molecule has 0 aromatic heterocycles. The molecule has 0 N–H and O–H groups in total. The molecular weight excluding hydrogens is 527 g/mol. The first-order valence-electron chi connectivity index (χ1n) is 9.70. The van der Waals surface area contributed by atoms with E-state index in [0.717, 1.165) is 41.5 Å². The van der Waals surface area contributed by atoms with Crippen LogP contribution in [0.3, 0.4) is 0 Å². The molecule has 206 valence electrons. The van der Waals surface area contributed by atoms with E-state index in [9.17, 15) is 48.3 Å². The van der Waals surface area contributed by atoms with E-state index in [4.69, 9.17) is 0 Å². The van der Waals surface area contributed by atoms with Gasteiger partial charge in [0.15, 0.2) is 0 Å². The molecule has 0 unspecified atom stereocenters. The maximum Gasteiger partial charge on any atom is 0.582 e. The molecule has 0 rings (SSSR count). The molecule has 0 aliphatic carbocycles. The van der Waals surface area contributed by atoms with E-state index in [1.54, 1.807) is 0 Å². The molecule has 0 heterocycles. The fourth-order valence-electron chi connectivity index (χ4n) is 2.51. The molecule has 17 heteroatoms. The topological polar surface area (TPSA) is 27.7 Å². The van der Waals surface area contributed by atoms with E-state index < -0.39 is 75.4 Å². The maximum atomic E-state index is 15.1. The van der Waals surface area contributed by atoms with Crippen LogP contribution in [0, 0.1) is 0 Å². The molecule has 0 amide bonds. The molecule has 0 spiro atoms. The summed E-state index contributed by atoms with van der Waals surface area (Å²) in [5.41, 5.74) is -6.45. The average Bonchev–Trinajstić information content (AvgIpc) is 2.56. The number of hydrogen-bond donors (Lipinski definition) is 0. The first-order valence-corrected chi connectivity index (χ1v) is 11.4. The minimum atomic E-state index is -7.59. The number of rotatable bonds is 13. The summed E-state index contributed by atoms with van der Waals surface area (Å²) in [6.07, 6.45) is -15.9. The molecule has 0 saturated heterocycles. The van der Waals surface area contributed by atoms with Crippen LogP contribution in [0.15, 0.2) is 0 Å². The summed E-state index contributed by atoms with van der Waals surface area (Å²) in [6, 6.07) is 0. The van der Waals surface area contributed by atoms with Crippen LogP contribution in [0.25, 0.3) is 0 Å². The van der Waals surface area contributed by atoms with E-state index in [1.165, 1.54) is 0 Å². The van der Waals surface area contributed by atoms with Crippen molar-refractivity contribution in [1.82, 2.24) is 0 Å². The van der Waals surface area contributed by atoms with Gasteiger partial charge in [0.1, 0.15) is 0 Å². The van der Waals surface area contributed by atoms with Crippen molar-refractivity contribution in [1.29, 1.82) is 0 Å². The molecule has 0 aromatic rings. The molecule has 3 nitrogen and oxygen atoms in total. The summed E-state index contributed by atoms with van der Waals surface area (Å²) in [4.78, 5) is 0. The Morgan fingerprint density at radius 2 is 0.824 bits per heavy atom. The van der Waals surface area contributed by atoms with Gasteiger partial charge in [-0.15, -0.1) is 0 Å². The van der Waals surface area contributed by atoms with Crippen molar-refractivity contribution in [2.75, 3.05) is 0 Å². The number of alkyl halides is 13. The van der Waals surface area contributed by atoms with Crippen LogP contribution in [0.2, 0.25) is 0 Å². The number of halogens is 13. The highest BCUT2D eigenvalue weighted by Crippen LogP contribution is 2.60. The highest BCUT2D eigenvalue weighted by Gasteiger charge is 2.92. The lowest BCUT2D eigenvalue weighted by Crippen LogP contribution is -2.77. The standard InChI is InChI=1S/C17H25F13O3Si/c1-9(2)31-34(32-10(3)4,33-11(5)6)17(29,30)16(27,28)15(25,26)14(23,24)12(18,19)7-8-13(20,21)22/h9-11H,7-8H2,1-6H3. The monoisotopic (exact) mass is 552 g/mol. The summed E-state index contributed by atoms with van der Waals surface area (Å²) in [6.45, 7) is 5.76. The first kappa shape index (κ1) is 33.2. The Balaban J connectivity index is 6.81. The van der Waals surface area contributed by atoms with Crippen LogP contribution in [0.1, 0.15) is 54.4 Å². The van der Waals surface area contributed by atoms with Crippen molar-refractivity contribution in [3.05, 3.63) is 0 Å². The van der Waals surface area contributed by atoms with Crippen LogP contribution >= 0.6 is 0 Å². The van der Waals surface area contributed by atoms with Crippen molar-refractivity contribution in [3.63, 3.8) is 0 Å². The van der Waals surface area contributed by atoms with E-state index in [2.05, 4.69) is 13.3 Å². The zero-order valence-corrected chi connectivity index (χ0v) is 19.8. The predicted molar refractivity (Wildman–Crippen MR) is 94.4 cm³/mol. The van der Waals surface area contributed by atoms with Crippen molar-refractivity contribution in [2.45, 2.75) is 108 Å². The third-order valence-electron chi connectivity index (χ3n) is 3.92. The van der Waals surface area contributed by atoms with E-state index >= 15 is 8.78 Å². The Bertz CT molecular complexity index is 637. The SMILES string of the molecule is CC(C)O[Si](OC(C)C)(OC(C)C)C(F)(F)C(F)(F)C(F)(F)C(F)(F)C(F)(F)CCC(F)(F)F. The highest BCUT2D eigenvalue weighted by molar-refractivity contribution is 6.64. The van der Waals surface area contributed by atoms with Gasteiger partial charge in [-0.05, 0) is 41.5 Å². The van der Waals surface area contributed by atoms with Gasteiger partial charge in [0, 0.05) is 31.2 Å². The Morgan fingerprint density at radius 1 is 0.500 bits per heavy atom. The molecule has 34 heavy (non-hydrogen) atoms. The molecule has 0 saturated carbocycles. The smallest absolute Gasteiger partial charge is 0.367 e. The largest absolute Gasteiger partial charge is 0.582 e. The van der Waals surface area contributed by atoms with Crippen LogP contribution in [0.5, 0.6) is 0 Å². The third kappa shape index (κ3) is 6.49. The van der Waals surface area contributed by atoms with Crippen LogP contribution in [-0.2, 0) is 13.3 Å². The normalized spacial score (nSPS) is 15.7. The van der Waals surface area contributed by atoms with Gasteiger partial charge in [-0.2, -0.15) is 57.1 Å². The summed E-state index contributed by atoms with van der Waals surface area (Å²) in [5.74, 6) is -28.7. The summed E-state index contributed by atoms with van der Waals surface area (Å²) < 4.78 is 193. The fourth-order valence-corrected chi connectivity index (χ4v) is 5.52. The van der Waals surface area contributed by atoms with Crippen molar-refractivity contribution < 1.29 is 70.4 Å². The van der Waals surface area contributed by atoms with Crippen molar-refractivity contribution in [2.24, 2.45) is 0 Å². The second-order valence-electron chi connectivity index (χ2n) is 8.17. The first-order chi connectivity index (χ1) is 14.7. The average molecular weight is 552 g/mol. The minimum Gasteiger partial charge on any atom is -0.367 e. The van der Waals surface area contributed by atoms with Crippen LogP contribution in [-0.4, -0.2) is 62.5 Å².